The first-order chi connectivity index (χ1) is 9.36. The molecular formula is C13H15F3N4. The average Bonchev–Trinajstić information content (AvgIpc) is 2.73. The van der Waals surface area contributed by atoms with Gasteiger partial charge in [0, 0.05) is 25.3 Å². The van der Waals surface area contributed by atoms with Gasteiger partial charge in [-0.2, -0.15) is 13.2 Å². The number of pyridine rings is 1. The van der Waals surface area contributed by atoms with Crippen molar-refractivity contribution < 1.29 is 13.2 Å². The highest BCUT2D eigenvalue weighted by atomic mass is 19.4. The monoisotopic (exact) mass is 284 g/mol. The third kappa shape index (κ3) is 2.15. The Balaban J connectivity index is 2.04. The van der Waals surface area contributed by atoms with Crippen molar-refractivity contribution in [3.8, 4) is 0 Å². The predicted octanol–water partition coefficient (Wildman–Crippen LogP) is 2.67. The van der Waals surface area contributed by atoms with Crippen LogP contribution in [0.15, 0.2) is 12.3 Å². The minimum Gasteiger partial charge on any atom is -0.310 e. The van der Waals surface area contributed by atoms with Gasteiger partial charge in [-0.05, 0) is 19.9 Å². The van der Waals surface area contributed by atoms with Crippen LogP contribution >= 0.6 is 0 Å². The van der Waals surface area contributed by atoms with Crippen molar-refractivity contribution in [1.29, 1.82) is 0 Å². The summed E-state index contributed by atoms with van der Waals surface area (Å²) in [4.78, 5) is 10.5. The highest BCUT2D eigenvalue weighted by Crippen LogP contribution is 2.31. The van der Waals surface area contributed by atoms with Crippen molar-refractivity contribution in [2.75, 3.05) is 6.54 Å². The highest BCUT2D eigenvalue weighted by molar-refractivity contribution is 5.72. The van der Waals surface area contributed by atoms with Crippen LogP contribution in [0.5, 0.6) is 0 Å². The number of halogens is 3. The topological polar surface area (TPSA) is 34.0 Å². The van der Waals surface area contributed by atoms with Crippen LogP contribution in [-0.2, 0) is 19.3 Å². The summed E-state index contributed by atoms with van der Waals surface area (Å²) in [5.74, 6) is 0.784. The number of hydrogen-bond donors (Lipinski definition) is 0. The van der Waals surface area contributed by atoms with Gasteiger partial charge in [0.1, 0.15) is 11.3 Å². The minimum atomic E-state index is -4.38. The molecule has 3 heterocycles. The fraction of sp³-hybridized carbons (Fsp3) is 0.538. The van der Waals surface area contributed by atoms with E-state index in [2.05, 4.69) is 28.7 Å². The third-order valence-electron chi connectivity index (χ3n) is 3.68. The van der Waals surface area contributed by atoms with Crippen molar-refractivity contribution >= 4 is 11.2 Å². The maximum Gasteiger partial charge on any atom is 0.417 e. The van der Waals surface area contributed by atoms with Gasteiger partial charge < -0.3 is 4.57 Å². The fourth-order valence-corrected chi connectivity index (χ4v) is 2.50. The molecule has 2 aromatic rings. The maximum absolute atomic E-state index is 12.7. The number of aromatic nitrogens is 3. The predicted molar refractivity (Wildman–Crippen MR) is 68.1 cm³/mol. The lowest BCUT2D eigenvalue weighted by atomic mass is 10.2. The molecule has 20 heavy (non-hydrogen) atoms. The number of fused-ring (bicyclic) bond motifs is 3. The summed E-state index contributed by atoms with van der Waals surface area (Å²) in [5, 5.41) is 0. The van der Waals surface area contributed by atoms with Gasteiger partial charge in [-0.25, -0.2) is 9.97 Å². The Bertz CT molecular complexity index is 645. The molecule has 0 bridgehead atoms. The van der Waals surface area contributed by atoms with E-state index in [1.54, 1.807) is 0 Å². The van der Waals surface area contributed by atoms with Gasteiger partial charge in [0.2, 0.25) is 0 Å². The van der Waals surface area contributed by atoms with E-state index in [9.17, 15) is 13.2 Å². The largest absolute Gasteiger partial charge is 0.417 e. The molecular weight excluding hydrogens is 269 g/mol. The van der Waals surface area contributed by atoms with E-state index >= 15 is 0 Å². The van der Waals surface area contributed by atoms with Crippen molar-refractivity contribution in [3.05, 3.63) is 23.7 Å². The lowest BCUT2D eigenvalue weighted by molar-refractivity contribution is -0.137. The Morgan fingerprint density at radius 1 is 1.25 bits per heavy atom. The summed E-state index contributed by atoms with van der Waals surface area (Å²) in [6.45, 7) is 6.41. The smallest absolute Gasteiger partial charge is 0.310 e. The van der Waals surface area contributed by atoms with Gasteiger partial charge in [0.15, 0.2) is 5.65 Å². The van der Waals surface area contributed by atoms with Gasteiger partial charge in [-0.15, -0.1) is 0 Å². The summed E-state index contributed by atoms with van der Waals surface area (Å²) >= 11 is 0. The van der Waals surface area contributed by atoms with Crippen LogP contribution in [0.4, 0.5) is 13.2 Å². The molecule has 0 radical (unpaired) electrons. The lowest BCUT2D eigenvalue weighted by Crippen LogP contribution is -2.38. The van der Waals surface area contributed by atoms with Gasteiger partial charge in [-0.3, -0.25) is 4.90 Å². The number of rotatable bonds is 1. The van der Waals surface area contributed by atoms with E-state index in [1.165, 1.54) is 0 Å². The number of alkyl halides is 3. The zero-order chi connectivity index (χ0) is 14.5. The molecule has 0 atom stereocenters. The molecule has 0 spiro atoms. The highest BCUT2D eigenvalue weighted by Gasteiger charge is 2.32. The fourth-order valence-electron chi connectivity index (χ4n) is 2.50. The van der Waals surface area contributed by atoms with E-state index in [0.29, 0.717) is 30.3 Å². The SMILES string of the molecule is CC(C)N1CCn2c(nc3cc(C(F)(F)F)cnc32)C1. The zero-order valence-corrected chi connectivity index (χ0v) is 11.3. The molecule has 0 saturated carbocycles. The second-order valence-corrected chi connectivity index (χ2v) is 5.31. The van der Waals surface area contributed by atoms with Crippen LogP contribution < -0.4 is 0 Å². The van der Waals surface area contributed by atoms with Crippen molar-refractivity contribution in [2.24, 2.45) is 0 Å². The molecule has 3 rings (SSSR count). The quantitative estimate of drug-likeness (QED) is 0.807. The van der Waals surface area contributed by atoms with Gasteiger partial charge in [0.25, 0.3) is 0 Å². The molecule has 7 heteroatoms. The van der Waals surface area contributed by atoms with Crippen LogP contribution in [0, 0.1) is 0 Å². The second-order valence-electron chi connectivity index (χ2n) is 5.31. The van der Waals surface area contributed by atoms with E-state index in [1.807, 2.05) is 4.57 Å². The van der Waals surface area contributed by atoms with Gasteiger partial charge in [0.05, 0.1) is 12.1 Å². The molecule has 0 aromatic carbocycles. The number of imidazole rings is 1. The van der Waals surface area contributed by atoms with E-state index in [-0.39, 0.29) is 0 Å². The zero-order valence-electron chi connectivity index (χ0n) is 11.3. The molecule has 1 aliphatic rings. The first-order valence-electron chi connectivity index (χ1n) is 6.52. The van der Waals surface area contributed by atoms with Crippen LogP contribution in [-0.4, -0.2) is 32.0 Å². The summed E-state index contributed by atoms with van der Waals surface area (Å²) in [6, 6.07) is 1.47. The minimum absolute atomic E-state index is 0.320. The molecule has 0 unspecified atom stereocenters. The normalized spacial score (nSPS) is 16.9. The maximum atomic E-state index is 12.7. The molecule has 1 aliphatic heterocycles. The van der Waals surface area contributed by atoms with Crippen molar-refractivity contribution in [3.63, 3.8) is 0 Å². The van der Waals surface area contributed by atoms with Crippen LogP contribution in [0.3, 0.4) is 0 Å². The molecule has 0 fully saturated rings. The van der Waals surface area contributed by atoms with Crippen molar-refractivity contribution in [1.82, 2.24) is 19.4 Å². The van der Waals surface area contributed by atoms with Crippen LogP contribution in [0.2, 0.25) is 0 Å². The molecule has 0 amide bonds. The summed E-state index contributed by atoms with van der Waals surface area (Å²) in [7, 11) is 0. The summed E-state index contributed by atoms with van der Waals surface area (Å²) < 4.78 is 40.0. The molecule has 108 valence electrons. The Hall–Kier alpha value is -1.63. The molecule has 0 saturated heterocycles. The first kappa shape index (κ1) is 13.4. The molecule has 0 aliphatic carbocycles. The van der Waals surface area contributed by atoms with Crippen LogP contribution in [0.1, 0.15) is 25.2 Å². The van der Waals surface area contributed by atoms with Gasteiger partial charge >= 0.3 is 6.18 Å². The summed E-state index contributed by atoms with van der Waals surface area (Å²) in [6.07, 6.45) is -3.50. The second kappa shape index (κ2) is 4.44. The Kier molecular flexibility index (Phi) is 2.97. The molecule has 0 N–H and O–H groups in total. The Labute approximate surface area is 114 Å². The van der Waals surface area contributed by atoms with E-state index < -0.39 is 11.7 Å². The standard InChI is InChI=1S/C13H15F3N4/c1-8(2)19-3-4-20-11(7-19)18-10-5-9(13(14,15)16)6-17-12(10)20/h5-6,8H,3-4,7H2,1-2H3. The van der Waals surface area contributed by atoms with Gasteiger partial charge in [-0.1, -0.05) is 0 Å². The Morgan fingerprint density at radius 3 is 2.65 bits per heavy atom. The third-order valence-corrected chi connectivity index (χ3v) is 3.68. The van der Waals surface area contributed by atoms with Crippen LogP contribution in [0.25, 0.3) is 11.2 Å². The molecule has 2 aromatic heterocycles. The van der Waals surface area contributed by atoms with Crippen molar-refractivity contribution in [2.45, 2.75) is 39.2 Å². The summed E-state index contributed by atoms with van der Waals surface area (Å²) in [5.41, 5.74) is 0.109. The number of nitrogens with zero attached hydrogens (tertiary/aromatic N) is 4. The molecule has 4 nitrogen and oxygen atoms in total. The lowest BCUT2D eigenvalue weighted by Gasteiger charge is -2.30. The average molecular weight is 284 g/mol. The number of hydrogen-bond acceptors (Lipinski definition) is 3. The first-order valence-corrected chi connectivity index (χ1v) is 6.52. The van der Waals surface area contributed by atoms with E-state index in [0.717, 1.165) is 24.6 Å². The van der Waals surface area contributed by atoms with E-state index in [4.69, 9.17) is 0 Å². The Morgan fingerprint density at radius 2 is 2.00 bits per heavy atom.